The number of aryl methyl sites for hydroxylation is 2. The van der Waals surface area contributed by atoms with Gasteiger partial charge in [-0.3, -0.25) is 0 Å². The van der Waals surface area contributed by atoms with Crippen LogP contribution < -0.4 is 5.32 Å². The smallest absolute Gasteiger partial charge is 0.183 e. The predicted octanol–water partition coefficient (Wildman–Crippen LogP) is 2.84. The van der Waals surface area contributed by atoms with E-state index in [2.05, 4.69) is 17.2 Å². The Hall–Kier alpha value is -0.570. The maximum absolute atomic E-state index is 4.60. The van der Waals surface area contributed by atoms with E-state index < -0.39 is 0 Å². The number of aromatic nitrogens is 1. The highest BCUT2D eigenvalue weighted by atomic mass is 32.1. The molecule has 3 heteroatoms. The van der Waals surface area contributed by atoms with Crippen LogP contribution in [0.15, 0.2) is 0 Å². The van der Waals surface area contributed by atoms with Crippen molar-refractivity contribution >= 4 is 16.5 Å². The van der Waals surface area contributed by atoms with Gasteiger partial charge < -0.3 is 5.32 Å². The molecule has 0 radical (unpaired) electrons. The van der Waals surface area contributed by atoms with Crippen molar-refractivity contribution < 1.29 is 0 Å². The van der Waals surface area contributed by atoms with Gasteiger partial charge in [0.15, 0.2) is 5.13 Å². The first-order valence-electron chi connectivity index (χ1n) is 5.12. The number of rotatable bonds is 3. The second kappa shape index (κ2) is 4.09. The van der Waals surface area contributed by atoms with E-state index in [1.54, 1.807) is 0 Å². The minimum atomic E-state index is 1.05. The first kappa shape index (κ1) is 9.00. The van der Waals surface area contributed by atoms with E-state index in [4.69, 9.17) is 0 Å². The summed E-state index contributed by atoms with van der Waals surface area (Å²) >= 11 is 1.85. The largest absolute Gasteiger partial charge is 0.362 e. The quantitative estimate of drug-likeness (QED) is 0.804. The second-order valence-corrected chi connectivity index (χ2v) is 4.61. The highest BCUT2D eigenvalue weighted by Crippen LogP contribution is 2.29. The van der Waals surface area contributed by atoms with Crippen LogP contribution in [-0.2, 0) is 12.8 Å². The molecule has 13 heavy (non-hydrogen) atoms. The van der Waals surface area contributed by atoms with Gasteiger partial charge in [-0.15, -0.1) is 11.3 Å². The number of hydrogen-bond donors (Lipinski definition) is 1. The lowest BCUT2D eigenvalue weighted by atomic mass is 10.0. The molecule has 1 aromatic heterocycles. The average molecular weight is 196 g/mol. The topological polar surface area (TPSA) is 24.9 Å². The molecule has 2 nitrogen and oxygen atoms in total. The first-order chi connectivity index (χ1) is 6.40. The molecule has 1 aliphatic rings. The normalized spacial score (nSPS) is 15.5. The van der Waals surface area contributed by atoms with Crippen LogP contribution >= 0.6 is 11.3 Å². The third-order valence-electron chi connectivity index (χ3n) is 2.37. The van der Waals surface area contributed by atoms with Crippen LogP contribution in [0.3, 0.4) is 0 Å². The fourth-order valence-electron chi connectivity index (χ4n) is 1.66. The number of fused-ring (bicyclic) bond motifs is 1. The van der Waals surface area contributed by atoms with E-state index in [0.29, 0.717) is 0 Å². The standard InChI is InChI=1S/C10H16N2S/c1-2-7-11-10-12-8-5-3-4-6-9(8)13-10/h2-7H2,1H3,(H,11,12). The van der Waals surface area contributed by atoms with E-state index >= 15 is 0 Å². The summed E-state index contributed by atoms with van der Waals surface area (Å²) in [5, 5.41) is 4.49. The van der Waals surface area contributed by atoms with Crippen LogP contribution in [-0.4, -0.2) is 11.5 Å². The van der Waals surface area contributed by atoms with Crippen molar-refractivity contribution in [2.24, 2.45) is 0 Å². The third kappa shape index (κ3) is 2.02. The number of nitrogens with one attached hydrogen (secondary N) is 1. The van der Waals surface area contributed by atoms with Gasteiger partial charge in [-0.2, -0.15) is 0 Å². The van der Waals surface area contributed by atoms with Crippen molar-refractivity contribution in [3.05, 3.63) is 10.6 Å². The molecule has 0 atom stereocenters. The lowest BCUT2D eigenvalue weighted by molar-refractivity contribution is 0.682. The Kier molecular flexibility index (Phi) is 2.83. The summed E-state index contributed by atoms with van der Waals surface area (Å²) < 4.78 is 0. The monoisotopic (exact) mass is 196 g/mol. The average Bonchev–Trinajstić information content (AvgIpc) is 2.57. The lowest BCUT2D eigenvalue weighted by Gasteiger charge is -2.06. The summed E-state index contributed by atoms with van der Waals surface area (Å²) in [6.07, 6.45) is 6.29. The minimum Gasteiger partial charge on any atom is -0.362 e. The molecule has 0 unspecified atom stereocenters. The van der Waals surface area contributed by atoms with Gasteiger partial charge in [0.25, 0.3) is 0 Å². The van der Waals surface area contributed by atoms with Crippen LogP contribution in [0, 0.1) is 0 Å². The molecule has 1 N–H and O–H groups in total. The molecule has 0 saturated carbocycles. The molecule has 0 amide bonds. The molecule has 0 bridgehead atoms. The molecule has 72 valence electrons. The molecule has 0 spiro atoms. The zero-order valence-electron chi connectivity index (χ0n) is 8.10. The molecule has 0 fully saturated rings. The van der Waals surface area contributed by atoms with E-state index in [1.807, 2.05) is 11.3 Å². The Morgan fingerprint density at radius 3 is 3.00 bits per heavy atom. The first-order valence-corrected chi connectivity index (χ1v) is 5.94. The van der Waals surface area contributed by atoms with E-state index in [1.165, 1.54) is 42.7 Å². The number of hydrogen-bond acceptors (Lipinski definition) is 3. The van der Waals surface area contributed by atoms with Gasteiger partial charge in [-0.25, -0.2) is 4.98 Å². The summed E-state index contributed by atoms with van der Waals surface area (Å²) in [6.45, 7) is 3.23. The van der Waals surface area contributed by atoms with Gasteiger partial charge in [-0.05, 0) is 32.1 Å². The zero-order chi connectivity index (χ0) is 9.10. The lowest BCUT2D eigenvalue weighted by Crippen LogP contribution is -2.00. The Morgan fingerprint density at radius 2 is 2.23 bits per heavy atom. The van der Waals surface area contributed by atoms with Gasteiger partial charge in [0.05, 0.1) is 5.69 Å². The Morgan fingerprint density at radius 1 is 1.38 bits per heavy atom. The SMILES string of the molecule is CCCNc1nc2c(s1)CCCC2. The van der Waals surface area contributed by atoms with Gasteiger partial charge in [0.2, 0.25) is 0 Å². The zero-order valence-corrected chi connectivity index (χ0v) is 8.91. The molecular formula is C10H16N2S. The van der Waals surface area contributed by atoms with Gasteiger partial charge in [0.1, 0.15) is 0 Å². The number of thiazole rings is 1. The van der Waals surface area contributed by atoms with Crippen molar-refractivity contribution in [1.29, 1.82) is 0 Å². The number of nitrogens with zero attached hydrogens (tertiary/aromatic N) is 1. The molecule has 0 aromatic carbocycles. The maximum atomic E-state index is 4.60. The number of anilines is 1. The molecule has 2 rings (SSSR count). The Bertz CT molecular complexity index is 257. The van der Waals surface area contributed by atoms with Crippen molar-refractivity contribution in [2.75, 3.05) is 11.9 Å². The van der Waals surface area contributed by atoms with E-state index in [9.17, 15) is 0 Å². The maximum Gasteiger partial charge on any atom is 0.183 e. The van der Waals surface area contributed by atoms with Crippen LogP contribution in [0.2, 0.25) is 0 Å². The predicted molar refractivity (Wildman–Crippen MR) is 57.5 cm³/mol. The van der Waals surface area contributed by atoms with E-state index in [0.717, 1.165) is 11.7 Å². The third-order valence-corrected chi connectivity index (χ3v) is 3.49. The summed E-state index contributed by atoms with van der Waals surface area (Å²) in [6, 6.07) is 0. The molecular weight excluding hydrogens is 180 g/mol. The molecule has 0 aliphatic heterocycles. The molecule has 1 aromatic rings. The summed E-state index contributed by atoms with van der Waals surface area (Å²) in [5.41, 5.74) is 1.36. The van der Waals surface area contributed by atoms with Crippen LogP contribution in [0.1, 0.15) is 36.8 Å². The highest BCUT2D eigenvalue weighted by Gasteiger charge is 2.14. The fraction of sp³-hybridized carbons (Fsp3) is 0.700. The van der Waals surface area contributed by atoms with Crippen LogP contribution in [0.4, 0.5) is 5.13 Å². The molecule has 0 saturated heterocycles. The van der Waals surface area contributed by atoms with Crippen molar-refractivity contribution in [2.45, 2.75) is 39.0 Å². The van der Waals surface area contributed by atoms with E-state index in [-0.39, 0.29) is 0 Å². The Labute approximate surface area is 83.4 Å². The molecule has 1 heterocycles. The Balaban J connectivity index is 2.07. The van der Waals surface area contributed by atoms with Gasteiger partial charge in [-0.1, -0.05) is 6.92 Å². The van der Waals surface area contributed by atoms with Crippen molar-refractivity contribution in [1.82, 2.24) is 4.98 Å². The minimum absolute atomic E-state index is 1.05. The fourth-order valence-corrected chi connectivity index (χ4v) is 2.73. The highest BCUT2D eigenvalue weighted by molar-refractivity contribution is 7.15. The van der Waals surface area contributed by atoms with Crippen molar-refractivity contribution in [3.63, 3.8) is 0 Å². The van der Waals surface area contributed by atoms with Crippen LogP contribution in [0.25, 0.3) is 0 Å². The van der Waals surface area contributed by atoms with Crippen molar-refractivity contribution in [3.8, 4) is 0 Å². The van der Waals surface area contributed by atoms with Gasteiger partial charge in [0, 0.05) is 11.4 Å². The van der Waals surface area contributed by atoms with Crippen LogP contribution in [0.5, 0.6) is 0 Å². The van der Waals surface area contributed by atoms with Gasteiger partial charge >= 0.3 is 0 Å². The summed E-state index contributed by atoms with van der Waals surface area (Å²) in [4.78, 5) is 6.11. The molecule has 1 aliphatic carbocycles. The summed E-state index contributed by atoms with van der Waals surface area (Å²) in [7, 11) is 0. The summed E-state index contributed by atoms with van der Waals surface area (Å²) in [5.74, 6) is 0. The second-order valence-electron chi connectivity index (χ2n) is 3.52.